The minimum absolute atomic E-state index is 0.311. The zero-order chi connectivity index (χ0) is 9.72. The van der Waals surface area contributed by atoms with Crippen molar-refractivity contribution < 1.29 is 14.7 Å². The smallest absolute Gasteiger partial charge is 0.314 e. The van der Waals surface area contributed by atoms with Crippen LogP contribution in [0, 0.1) is 5.92 Å². The van der Waals surface area contributed by atoms with Gasteiger partial charge in [0.25, 0.3) is 0 Å². The van der Waals surface area contributed by atoms with Gasteiger partial charge in [-0.3, -0.25) is 9.59 Å². The number of ketones is 1. The summed E-state index contributed by atoms with van der Waals surface area (Å²) in [7, 11) is 0. The summed E-state index contributed by atoms with van der Waals surface area (Å²) < 4.78 is 0. The predicted octanol–water partition coefficient (Wildman–Crippen LogP) is 1.50. The number of allylic oxidation sites excluding steroid dienone is 2. The van der Waals surface area contributed by atoms with Crippen molar-refractivity contribution in [3.05, 3.63) is 11.0 Å². The van der Waals surface area contributed by atoms with Gasteiger partial charge in [0.05, 0.1) is 0 Å². The Morgan fingerprint density at radius 1 is 1.58 bits per heavy atom. The minimum Gasteiger partial charge on any atom is -0.481 e. The molecule has 0 rings (SSSR count). The van der Waals surface area contributed by atoms with Crippen LogP contribution in [0.3, 0.4) is 0 Å². The second kappa shape index (κ2) is 4.98. The normalized spacial score (nSPS) is 14.1. The lowest BCUT2D eigenvalue weighted by atomic mass is 10.0. The van der Waals surface area contributed by atoms with Crippen LogP contribution in [0.1, 0.15) is 20.3 Å². The summed E-state index contributed by atoms with van der Waals surface area (Å²) in [6, 6.07) is 0. The predicted molar refractivity (Wildman–Crippen MR) is 49.2 cm³/mol. The molecule has 0 spiro atoms. The Balaban J connectivity index is 4.44. The molecule has 1 atom stereocenters. The molecule has 0 bridgehead atoms. The summed E-state index contributed by atoms with van der Waals surface area (Å²) in [5.74, 6) is -2.39. The SMILES string of the molecule is CCC(C(=O)O)C(=O)C=C(C)S. The summed E-state index contributed by atoms with van der Waals surface area (Å²) in [4.78, 5) is 22.1. The fraction of sp³-hybridized carbons (Fsp3) is 0.500. The average molecular weight is 188 g/mol. The van der Waals surface area contributed by atoms with E-state index in [1.807, 2.05) is 0 Å². The van der Waals surface area contributed by atoms with Crippen molar-refractivity contribution in [2.75, 3.05) is 0 Å². The molecule has 0 aromatic heterocycles. The number of hydrogen-bond donors (Lipinski definition) is 2. The molecule has 3 nitrogen and oxygen atoms in total. The van der Waals surface area contributed by atoms with Crippen molar-refractivity contribution >= 4 is 24.4 Å². The van der Waals surface area contributed by atoms with Crippen LogP contribution in [0.5, 0.6) is 0 Å². The van der Waals surface area contributed by atoms with Crippen LogP contribution in [-0.2, 0) is 9.59 Å². The van der Waals surface area contributed by atoms with E-state index in [9.17, 15) is 9.59 Å². The molecule has 0 aromatic rings. The van der Waals surface area contributed by atoms with Gasteiger partial charge in [0, 0.05) is 0 Å². The maximum absolute atomic E-state index is 11.1. The van der Waals surface area contributed by atoms with Gasteiger partial charge in [-0.25, -0.2) is 0 Å². The van der Waals surface area contributed by atoms with Gasteiger partial charge in [-0.05, 0) is 24.3 Å². The van der Waals surface area contributed by atoms with Crippen LogP contribution >= 0.6 is 12.6 Å². The summed E-state index contributed by atoms with van der Waals surface area (Å²) in [6.07, 6.45) is 1.55. The second-order valence-electron chi connectivity index (χ2n) is 2.49. The van der Waals surface area contributed by atoms with Gasteiger partial charge in [0.2, 0.25) is 0 Å². The number of rotatable bonds is 4. The number of hydrogen-bond acceptors (Lipinski definition) is 3. The maximum Gasteiger partial charge on any atom is 0.314 e. The highest BCUT2D eigenvalue weighted by atomic mass is 32.1. The van der Waals surface area contributed by atoms with Crippen LogP contribution in [0.4, 0.5) is 0 Å². The van der Waals surface area contributed by atoms with Crippen LogP contribution in [0.2, 0.25) is 0 Å². The third-order valence-corrected chi connectivity index (χ3v) is 1.53. The molecule has 68 valence electrons. The number of carbonyl (C=O) groups is 2. The highest BCUT2D eigenvalue weighted by Crippen LogP contribution is 2.08. The summed E-state index contributed by atoms with van der Waals surface area (Å²) in [6.45, 7) is 3.30. The van der Waals surface area contributed by atoms with E-state index < -0.39 is 17.7 Å². The van der Waals surface area contributed by atoms with Gasteiger partial charge in [0.15, 0.2) is 5.78 Å². The van der Waals surface area contributed by atoms with Crippen LogP contribution in [-0.4, -0.2) is 16.9 Å². The van der Waals surface area contributed by atoms with Crippen LogP contribution < -0.4 is 0 Å². The molecular weight excluding hydrogens is 176 g/mol. The molecule has 1 unspecified atom stereocenters. The van der Waals surface area contributed by atoms with Gasteiger partial charge in [-0.15, -0.1) is 12.6 Å². The maximum atomic E-state index is 11.1. The molecule has 0 radical (unpaired) electrons. The number of carbonyl (C=O) groups excluding carboxylic acids is 1. The molecule has 0 amide bonds. The van der Waals surface area contributed by atoms with Gasteiger partial charge in [-0.1, -0.05) is 6.92 Å². The third-order valence-electron chi connectivity index (χ3n) is 1.40. The monoisotopic (exact) mass is 188 g/mol. The largest absolute Gasteiger partial charge is 0.481 e. The Kier molecular flexibility index (Phi) is 4.66. The first-order valence-corrected chi connectivity index (χ1v) is 4.07. The Morgan fingerprint density at radius 3 is 2.33 bits per heavy atom. The fourth-order valence-corrected chi connectivity index (χ4v) is 0.931. The Hall–Kier alpha value is -0.770. The van der Waals surface area contributed by atoms with Crippen molar-refractivity contribution in [3.63, 3.8) is 0 Å². The van der Waals surface area contributed by atoms with Crippen molar-refractivity contribution in [2.45, 2.75) is 20.3 Å². The number of carboxylic acid groups (broad SMARTS) is 1. The Morgan fingerprint density at radius 2 is 2.08 bits per heavy atom. The molecule has 0 fully saturated rings. The Labute approximate surface area is 76.9 Å². The molecule has 0 aliphatic rings. The molecule has 0 saturated heterocycles. The molecule has 0 aromatic carbocycles. The lowest BCUT2D eigenvalue weighted by Gasteiger charge is -2.04. The molecule has 1 N–H and O–H groups in total. The van der Waals surface area contributed by atoms with Gasteiger partial charge in [-0.2, -0.15) is 0 Å². The van der Waals surface area contributed by atoms with E-state index >= 15 is 0 Å². The minimum atomic E-state index is -1.08. The standard InChI is InChI=1S/C8H12O3S/c1-3-6(8(10)11)7(9)4-5(2)12/h4,6,12H,3H2,1-2H3,(H,10,11). The summed E-state index contributed by atoms with van der Waals surface area (Å²) in [5.41, 5.74) is 0. The highest BCUT2D eigenvalue weighted by Gasteiger charge is 2.21. The number of carboxylic acids is 1. The van der Waals surface area contributed by atoms with Crippen LogP contribution in [0.25, 0.3) is 0 Å². The van der Waals surface area contributed by atoms with E-state index in [4.69, 9.17) is 5.11 Å². The zero-order valence-corrected chi connectivity index (χ0v) is 7.97. The quantitative estimate of drug-likeness (QED) is 0.399. The van der Waals surface area contributed by atoms with Crippen molar-refractivity contribution in [2.24, 2.45) is 5.92 Å². The van der Waals surface area contributed by atoms with E-state index in [1.165, 1.54) is 6.08 Å². The van der Waals surface area contributed by atoms with Gasteiger partial charge in [0.1, 0.15) is 5.92 Å². The van der Waals surface area contributed by atoms with Crippen LogP contribution in [0.15, 0.2) is 11.0 Å². The first-order valence-electron chi connectivity index (χ1n) is 3.63. The molecule has 0 saturated carbocycles. The van der Waals surface area contributed by atoms with Crippen molar-refractivity contribution in [3.8, 4) is 0 Å². The highest BCUT2D eigenvalue weighted by molar-refractivity contribution is 7.84. The Bertz CT molecular complexity index is 216. The molecule has 0 heterocycles. The van der Waals surface area contributed by atoms with E-state index in [2.05, 4.69) is 12.6 Å². The molecule has 0 aliphatic carbocycles. The fourth-order valence-electron chi connectivity index (χ4n) is 0.804. The van der Waals surface area contributed by atoms with E-state index in [0.29, 0.717) is 11.3 Å². The van der Waals surface area contributed by atoms with Gasteiger partial charge < -0.3 is 5.11 Å². The third kappa shape index (κ3) is 3.57. The number of aliphatic carboxylic acids is 1. The van der Waals surface area contributed by atoms with Crippen molar-refractivity contribution in [1.82, 2.24) is 0 Å². The van der Waals surface area contributed by atoms with E-state index in [-0.39, 0.29) is 0 Å². The lowest BCUT2D eigenvalue weighted by Crippen LogP contribution is -2.21. The first kappa shape index (κ1) is 11.2. The summed E-state index contributed by atoms with van der Waals surface area (Å²) in [5, 5.41) is 8.58. The summed E-state index contributed by atoms with van der Waals surface area (Å²) >= 11 is 3.89. The van der Waals surface area contributed by atoms with E-state index in [0.717, 1.165) is 0 Å². The molecule has 0 aliphatic heterocycles. The van der Waals surface area contributed by atoms with Gasteiger partial charge >= 0.3 is 5.97 Å². The first-order chi connectivity index (χ1) is 5.49. The van der Waals surface area contributed by atoms with Crippen molar-refractivity contribution in [1.29, 1.82) is 0 Å². The lowest BCUT2D eigenvalue weighted by molar-refractivity contribution is -0.145. The topological polar surface area (TPSA) is 54.4 Å². The zero-order valence-electron chi connectivity index (χ0n) is 7.07. The number of thiol groups is 1. The average Bonchev–Trinajstić information content (AvgIpc) is 1.85. The molecule has 12 heavy (non-hydrogen) atoms. The molecular formula is C8H12O3S. The molecule has 4 heteroatoms. The van der Waals surface area contributed by atoms with E-state index in [1.54, 1.807) is 13.8 Å². The second-order valence-corrected chi connectivity index (χ2v) is 3.19.